The second-order valence-electron chi connectivity index (χ2n) is 12.3. The predicted molar refractivity (Wildman–Crippen MR) is 203 cm³/mol. The van der Waals surface area contributed by atoms with Gasteiger partial charge in [0.2, 0.25) is 0 Å². The molecule has 0 amide bonds. The molecule has 0 unspecified atom stereocenters. The summed E-state index contributed by atoms with van der Waals surface area (Å²) in [6.07, 6.45) is 0. The van der Waals surface area contributed by atoms with Crippen LogP contribution in [0, 0.1) is 22.7 Å². The summed E-state index contributed by atoms with van der Waals surface area (Å²) in [6, 6.07) is 55.4. The van der Waals surface area contributed by atoms with E-state index in [2.05, 4.69) is 130 Å². The topological polar surface area (TPSA) is 57.4 Å². The highest BCUT2D eigenvalue weighted by atomic mass is 32.1. The molecule has 0 spiro atoms. The lowest BCUT2D eigenvalue weighted by Gasteiger charge is -2.18. The standard InChI is InChI=1S/C44H24N4S/c45-25-27-17-20-39-34(23-27)35-24-28(26-46)18-21-40(35)47(39)36-13-5-1-9-29(36)30-10-2-6-14-37(30)48-38-15-7-3-11-31(38)32-19-22-42-43(44(32)48)33-12-4-8-16-41(33)49-42/h1-24H. The van der Waals surface area contributed by atoms with Gasteiger partial charge in [0.25, 0.3) is 0 Å². The molecule has 0 saturated carbocycles. The molecule has 0 aliphatic carbocycles. The molecule has 3 heterocycles. The molecule has 7 aromatic carbocycles. The van der Waals surface area contributed by atoms with Crippen LogP contribution >= 0.6 is 11.3 Å². The number of hydrogen-bond donors (Lipinski definition) is 0. The molecule has 0 aliphatic heterocycles. The van der Waals surface area contributed by atoms with E-state index in [-0.39, 0.29) is 0 Å². The molecule has 49 heavy (non-hydrogen) atoms. The average Bonchev–Trinajstić information content (AvgIpc) is 3.81. The lowest BCUT2D eigenvalue weighted by Crippen LogP contribution is -2.01. The smallest absolute Gasteiger partial charge is 0.0991 e. The molecule has 0 saturated heterocycles. The fraction of sp³-hybridized carbons (Fsp3) is 0. The third-order valence-corrected chi connectivity index (χ3v) is 10.9. The van der Waals surface area contributed by atoms with Crippen molar-refractivity contribution in [2.75, 3.05) is 0 Å². The van der Waals surface area contributed by atoms with Crippen LogP contribution in [0.15, 0.2) is 146 Å². The van der Waals surface area contributed by atoms with E-state index in [1.807, 2.05) is 47.7 Å². The zero-order chi connectivity index (χ0) is 32.6. The first-order chi connectivity index (χ1) is 24.2. The van der Waals surface area contributed by atoms with Crippen LogP contribution in [0.2, 0.25) is 0 Å². The first kappa shape index (κ1) is 27.5. The lowest BCUT2D eigenvalue weighted by atomic mass is 10.0. The minimum Gasteiger partial charge on any atom is -0.309 e. The SMILES string of the molecule is N#Cc1ccc2c(c1)c1cc(C#N)ccc1n2-c1ccccc1-c1ccccc1-n1c2ccccc2c2ccc3sc4ccccc4c3c21. The first-order valence-electron chi connectivity index (χ1n) is 16.1. The van der Waals surface area contributed by atoms with Gasteiger partial charge in [0.15, 0.2) is 0 Å². The van der Waals surface area contributed by atoms with Gasteiger partial charge in [-0.25, -0.2) is 0 Å². The summed E-state index contributed by atoms with van der Waals surface area (Å²) in [5, 5.41) is 26.4. The van der Waals surface area contributed by atoms with Crippen LogP contribution in [0.25, 0.3) is 86.3 Å². The first-order valence-corrected chi connectivity index (χ1v) is 17.0. The summed E-state index contributed by atoms with van der Waals surface area (Å²) in [4.78, 5) is 0. The van der Waals surface area contributed by atoms with E-state index in [1.165, 1.54) is 36.5 Å². The van der Waals surface area contributed by atoms with Gasteiger partial charge in [-0.1, -0.05) is 78.9 Å². The van der Waals surface area contributed by atoms with Crippen molar-refractivity contribution in [3.63, 3.8) is 0 Å². The average molecular weight is 641 g/mol. The molecule has 0 radical (unpaired) electrons. The summed E-state index contributed by atoms with van der Waals surface area (Å²) >= 11 is 1.84. The number of benzene rings is 7. The third kappa shape index (κ3) is 3.88. The van der Waals surface area contributed by atoms with E-state index in [1.54, 1.807) is 0 Å². The highest BCUT2D eigenvalue weighted by Gasteiger charge is 2.22. The van der Waals surface area contributed by atoms with E-state index >= 15 is 0 Å². The fourth-order valence-electron chi connectivity index (χ4n) is 7.73. The van der Waals surface area contributed by atoms with Crippen molar-refractivity contribution in [2.45, 2.75) is 0 Å². The molecule has 3 aromatic heterocycles. The Hall–Kier alpha value is -6.66. The number of nitrogens with zero attached hydrogens (tertiary/aromatic N) is 4. The fourth-order valence-corrected chi connectivity index (χ4v) is 8.84. The number of para-hydroxylation sites is 3. The van der Waals surface area contributed by atoms with E-state index in [9.17, 15) is 10.5 Å². The van der Waals surface area contributed by atoms with Crippen molar-refractivity contribution in [1.82, 2.24) is 9.13 Å². The Labute approximate surface area is 285 Å². The molecular weight excluding hydrogens is 617 g/mol. The molecule has 5 heteroatoms. The Morgan fingerprint density at radius 3 is 1.65 bits per heavy atom. The van der Waals surface area contributed by atoms with Crippen molar-refractivity contribution >= 4 is 75.1 Å². The maximum Gasteiger partial charge on any atom is 0.0991 e. The van der Waals surface area contributed by atoms with Crippen LogP contribution in [0.3, 0.4) is 0 Å². The highest BCUT2D eigenvalue weighted by Crippen LogP contribution is 2.45. The molecule has 0 fully saturated rings. The van der Waals surface area contributed by atoms with Gasteiger partial charge < -0.3 is 9.13 Å². The lowest BCUT2D eigenvalue weighted by molar-refractivity contribution is 1.16. The Balaban J connectivity index is 1.32. The van der Waals surface area contributed by atoms with Crippen LogP contribution in [0.5, 0.6) is 0 Å². The van der Waals surface area contributed by atoms with E-state index in [0.717, 1.165) is 49.8 Å². The number of aromatic nitrogens is 2. The molecule has 0 atom stereocenters. The van der Waals surface area contributed by atoms with Gasteiger partial charge in [-0.2, -0.15) is 10.5 Å². The van der Waals surface area contributed by atoms with Crippen LogP contribution in [0.4, 0.5) is 0 Å². The Morgan fingerprint density at radius 1 is 0.429 bits per heavy atom. The van der Waals surface area contributed by atoms with E-state index < -0.39 is 0 Å². The largest absolute Gasteiger partial charge is 0.309 e. The Bertz CT molecular complexity index is 3010. The van der Waals surface area contributed by atoms with Crippen LogP contribution in [-0.2, 0) is 0 Å². The van der Waals surface area contributed by atoms with Crippen molar-refractivity contribution in [1.29, 1.82) is 10.5 Å². The number of nitriles is 2. The Kier molecular flexibility index (Phi) is 5.84. The minimum absolute atomic E-state index is 0.589. The maximum atomic E-state index is 9.76. The van der Waals surface area contributed by atoms with E-state index in [0.29, 0.717) is 11.1 Å². The van der Waals surface area contributed by atoms with Gasteiger partial charge in [-0.15, -0.1) is 11.3 Å². The van der Waals surface area contributed by atoms with Gasteiger partial charge in [0, 0.05) is 52.8 Å². The molecule has 0 bridgehead atoms. The number of hydrogen-bond acceptors (Lipinski definition) is 3. The molecule has 0 N–H and O–H groups in total. The van der Waals surface area contributed by atoms with Gasteiger partial charge >= 0.3 is 0 Å². The quantitative estimate of drug-likeness (QED) is 0.193. The van der Waals surface area contributed by atoms with Gasteiger partial charge in [-0.3, -0.25) is 0 Å². The van der Waals surface area contributed by atoms with Crippen molar-refractivity contribution < 1.29 is 0 Å². The number of rotatable bonds is 3. The van der Waals surface area contributed by atoms with Crippen LogP contribution < -0.4 is 0 Å². The molecule has 4 nitrogen and oxygen atoms in total. The summed E-state index contributed by atoms with van der Waals surface area (Å²) < 4.78 is 7.29. The second-order valence-corrected chi connectivity index (χ2v) is 13.4. The minimum atomic E-state index is 0.589. The third-order valence-electron chi connectivity index (χ3n) is 9.78. The predicted octanol–water partition coefficient (Wildman–Crippen LogP) is 11.7. The van der Waals surface area contributed by atoms with Gasteiger partial charge in [0.05, 0.1) is 56.7 Å². The number of thiophene rings is 1. The highest BCUT2D eigenvalue weighted by molar-refractivity contribution is 7.26. The van der Waals surface area contributed by atoms with Crippen LogP contribution in [0.1, 0.15) is 11.1 Å². The zero-order valence-electron chi connectivity index (χ0n) is 26.1. The monoisotopic (exact) mass is 640 g/mol. The molecule has 10 aromatic rings. The number of fused-ring (bicyclic) bond motifs is 10. The molecular formula is C44H24N4S. The molecule has 0 aliphatic rings. The van der Waals surface area contributed by atoms with Crippen LogP contribution in [-0.4, -0.2) is 9.13 Å². The van der Waals surface area contributed by atoms with Crippen molar-refractivity contribution in [3.8, 4) is 34.6 Å². The second kappa shape index (κ2) is 10.4. The normalized spacial score (nSPS) is 11.6. The van der Waals surface area contributed by atoms with Gasteiger partial charge in [-0.05, 0) is 66.7 Å². The van der Waals surface area contributed by atoms with Crippen molar-refractivity contribution in [2.24, 2.45) is 0 Å². The van der Waals surface area contributed by atoms with Crippen molar-refractivity contribution in [3.05, 3.63) is 157 Å². The zero-order valence-corrected chi connectivity index (χ0v) is 26.9. The summed E-state index contributed by atoms with van der Waals surface area (Å²) in [6.45, 7) is 0. The maximum absolute atomic E-state index is 9.76. The molecule has 10 rings (SSSR count). The Morgan fingerprint density at radius 2 is 0.980 bits per heavy atom. The summed E-state index contributed by atoms with van der Waals surface area (Å²) in [7, 11) is 0. The molecule has 226 valence electrons. The summed E-state index contributed by atoms with van der Waals surface area (Å²) in [5.74, 6) is 0. The van der Waals surface area contributed by atoms with E-state index in [4.69, 9.17) is 0 Å². The van der Waals surface area contributed by atoms with Gasteiger partial charge in [0.1, 0.15) is 0 Å². The summed E-state index contributed by atoms with van der Waals surface area (Å²) in [5.41, 5.74) is 9.83.